The van der Waals surface area contributed by atoms with Crippen LogP contribution in [0.5, 0.6) is 0 Å². The van der Waals surface area contributed by atoms with Gasteiger partial charge in [0.2, 0.25) is 5.91 Å². The highest BCUT2D eigenvalue weighted by Crippen LogP contribution is 2.55. The van der Waals surface area contributed by atoms with Crippen LogP contribution in [-0.2, 0) is 4.79 Å². The maximum Gasteiger partial charge on any atom is 0.411 e. The number of halogens is 3. The summed E-state index contributed by atoms with van der Waals surface area (Å²) in [4.78, 5) is 21.8. The Hall–Kier alpha value is -1.84. The predicted octanol–water partition coefficient (Wildman–Crippen LogP) is 2.51. The molecule has 0 spiro atoms. The zero-order valence-electron chi connectivity index (χ0n) is 17.6. The first kappa shape index (κ1) is 19.8. The first-order valence-electron chi connectivity index (χ1n) is 11.5. The molecule has 3 unspecified atom stereocenters. The lowest BCUT2D eigenvalue weighted by molar-refractivity contribution is -0.219. The first-order chi connectivity index (χ1) is 14.8. The second-order valence-corrected chi connectivity index (χ2v) is 10.3. The van der Waals surface area contributed by atoms with Gasteiger partial charge in [-0.1, -0.05) is 5.16 Å². The summed E-state index contributed by atoms with van der Waals surface area (Å²) in [5.74, 6) is 0.960. The molecule has 10 heteroatoms. The van der Waals surface area contributed by atoms with Crippen molar-refractivity contribution < 1.29 is 22.5 Å². The fourth-order valence-corrected chi connectivity index (χ4v) is 6.72. The van der Waals surface area contributed by atoms with Crippen molar-refractivity contribution in [3.05, 3.63) is 5.82 Å². The van der Waals surface area contributed by atoms with Gasteiger partial charge in [-0.25, -0.2) is 0 Å². The van der Waals surface area contributed by atoms with Gasteiger partial charge in [-0.05, 0) is 63.2 Å². The van der Waals surface area contributed by atoms with E-state index in [2.05, 4.69) is 25.3 Å². The van der Waals surface area contributed by atoms with Crippen molar-refractivity contribution in [2.45, 2.75) is 69.2 Å². The summed E-state index contributed by atoms with van der Waals surface area (Å²) in [7, 11) is 0. The molecule has 3 saturated heterocycles. The van der Waals surface area contributed by atoms with Crippen molar-refractivity contribution in [3.8, 4) is 0 Å². The van der Waals surface area contributed by atoms with E-state index in [9.17, 15) is 18.0 Å². The van der Waals surface area contributed by atoms with Crippen molar-refractivity contribution in [1.29, 1.82) is 0 Å². The van der Waals surface area contributed by atoms with Gasteiger partial charge < -0.3 is 14.7 Å². The minimum absolute atomic E-state index is 0.0115. The highest BCUT2D eigenvalue weighted by Gasteiger charge is 2.65. The van der Waals surface area contributed by atoms with Crippen LogP contribution in [0.1, 0.15) is 44.3 Å². The number of likely N-dealkylation sites (tertiary alicyclic amines) is 1. The Morgan fingerprint density at radius 3 is 2.45 bits per heavy atom. The van der Waals surface area contributed by atoms with Gasteiger partial charge in [-0.3, -0.25) is 9.69 Å². The number of aryl methyl sites for hydroxylation is 1. The molecule has 0 aromatic carbocycles. The van der Waals surface area contributed by atoms with Crippen LogP contribution in [0.3, 0.4) is 0 Å². The van der Waals surface area contributed by atoms with Crippen LogP contribution in [-0.4, -0.2) is 64.4 Å². The smallest absolute Gasteiger partial charge is 0.342 e. The van der Waals surface area contributed by atoms with Crippen LogP contribution in [0.2, 0.25) is 0 Å². The second kappa shape index (κ2) is 6.59. The molecular weight excluding hydrogens is 411 g/mol. The van der Waals surface area contributed by atoms with Gasteiger partial charge in [-0.2, -0.15) is 18.2 Å². The molecule has 6 fully saturated rings. The van der Waals surface area contributed by atoms with E-state index in [4.69, 9.17) is 4.52 Å². The first-order valence-corrected chi connectivity index (χ1v) is 11.5. The van der Waals surface area contributed by atoms with E-state index in [1.165, 1.54) is 6.42 Å². The quantitative estimate of drug-likeness (QED) is 0.777. The molecule has 7 rings (SSSR count). The van der Waals surface area contributed by atoms with Crippen LogP contribution in [0.25, 0.3) is 0 Å². The highest BCUT2D eigenvalue weighted by molar-refractivity contribution is 5.83. The minimum Gasteiger partial charge on any atom is -0.342 e. The number of carbonyl (C=O) groups excluding carboxylic acids is 1. The number of rotatable bonds is 4. The Balaban J connectivity index is 1.06. The van der Waals surface area contributed by atoms with Gasteiger partial charge in [0.25, 0.3) is 0 Å². The number of carbonyl (C=O) groups is 1. The van der Waals surface area contributed by atoms with E-state index in [0.717, 1.165) is 32.5 Å². The maximum atomic E-state index is 13.4. The molecule has 3 aliphatic carbocycles. The molecule has 3 saturated carbocycles. The zero-order valence-corrected chi connectivity index (χ0v) is 17.6. The molecule has 170 valence electrons. The minimum atomic E-state index is -4.36. The molecule has 0 radical (unpaired) electrons. The van der Waals surface area contributed by atoms with Crippen molar-refractivity contribution in [1.82, 2.24) is 20.4 Å². The van der Waals surface area contributed by atoms with Crippen LogP contribution >= 0.6 is 0 Å². The number of fused-ring (bicyclic) bond motifs is 4. The Morgan fingerprint density at radius 2 is 1.94 bits per heavy atom. The summed E-state index contributed by atoms with van der Waals surface area (Å²) < 4.78 is 45.6. The number of nitrogens with zero attached hydrogens (tertiary/aromatic N) is 4. The number of piperidine rings is 3. The van der Waals surface area contributed by atoms with Gasteiger partial charge in [-0.15, -0.1) is 0 Å². The van der Waals surface area contributed by atoms with E-state index < -0.39 is 11.7 Å². The van der Waals surface area contributed by atoms with Crippen LogP contribution in [0, 0.1) is 30.6 Å². The van der Waals surface area contributed by atoms with Gasteiger partial charge >= 0.3 is 12.2 Å². The monoisotopic (exact) mass is 439 g/mol. The molecule has 4 heterocycles. The molecule has 1 aromatic heterocycles. The van der Waals surface area contributed by atoms with Gasteiger partial charge in [0.1, 0.15) is 5.54 Å². The second-order valence-electron chi connectivity index (χ2n) is 10.3. The lowest BCUT2D eigenvalue weighted by atomic mass is 9.75. The summed E-state index contributed by atoms with van der Waals surface area (Å²) in [6.45, 7) is 4.38. The molecule has 1 aromatic rings. The molecule has 7 nitrogen and oxygen atoms in total. The fraction of sp³-hybridized carbons (Fsp3) is 0.857. The SMILES string of the molecule is Cc1noc(N2CC3CCC2CC3N2C[C@@H]3[C@H](C2)[C@H]3C(=O)NC2(C(F)(F)F)CCC2)n1. The molecule has 2 bridgehead atoms. The number of hydrogen-bond acceptors (Lipinski definition) is 6. The number of hydrogen-bond donors (Lipinski definition) is 1. The Kier molecular flexibility index (Phi) is 4.21. The van der Waals surface area contributed by atoms with Gasteiger partial charge in [0, 0.05) is 37.6 Å². The molecule has 6 aliphatic rings. The van der Waals surface area contributed by atoms with Crippen LogP contribution < -0.4 is 10.2 Å². The Labute approximate surface area is 178 Å². The maximum absolute atomic E-state index is 13.4. The van der Waals surface area contributed by atoms with Crippen molar-refractivity contribution >= 4 is 11.9 Å². The average molecular weight is 439 g/mol. The third kappa shape index (κ3) is 3.00. The summed E-state index contributed by atoms with van der Waals surface area (Å²) >= 11 is 0. The summed E-state index contributed by atoms with van der Waals surface area (Å²) in [6, 6.07) is 1.47. The number of aromatic nitrogens is 2. The fourth-order valence-electron chi connectivity index (χ4n) is 6.72. The van der Waals surface area contributed by atoms with E-state index in [-0.39, 0.29) is 36.5 Å². The van der Waals surface area contributed by atoms with Crippen molar-refractivity contribution in [2.75, 3.05) is 24.5 Å². The van der Waals surface area contributed by atoms with Crippen LogP contribution in [0.4, 0.5) is 19.2 Å². The third-order valence-corrected chi connectivity index (χ3v) is 8.67. The molecule has 1 amide bonds. The average Bonchev–Trinajstić information content (AvgIpc) is 3.02. The van der Waals surface area contributed by atoms with Crippen molar-refractivity contribution in [3.63, 3.8) is 0 Å². The van der Waals surface area contributed by atoms with E-state index >= 15 is 0 Å². The summed E-state index contributed by atoms with van der Waals surface area (Å²) in [6.07, 6.45) is -0.484. The number of anilines is 1. The molecular formula is C21H28F3N5O2. The lowest BCUT2D eigenvalue weighted by Crippen LogP contribution is -2.63. The normalized spacial score (nSPS) is 38.6. The number of alkyl halides is 3. The van der Waals surface area contributed by atoms with Crippen molar-refractivity contribution in [2.24, 2.45) is 23.7 Å². The zero-order chi connectivity index (χ0) is 21.5. The highest BCUT2D eigenvalue weighted by atomic mass is 19.4. The van der Waals surface area contributed by atoms with E-state index in [0.29, 0.717) is 36.3 Å². The number of amides is 1. The van der Waals surface area contributed by atoms with Gasteiger partial charge in [0.15, 0.2) is 5.82 Å². The summed E-state index contributed by atoms with van der Waals surface area (Å²) in [5.41, 5.74) is -1.97. The largest absolute Gasteiger partial charge is 0.411 e. The topological polar surface area (TPSA) is 74.5 Å². The predicted molar refractivity (Wildman–Crippen MR) is 104 cm³/mol. The molecule has 31 heavy (non-hydrogen) atoms. The van der Waals surface area contributed by atoms with E-state index in [1.54, 1.807) is 0 Å². The summed E-state index contributed by atoms with van der Waals surface area (Å²) in [5, 5.41) is 6.31. The van der Waals surface area contributed by atoms with Gasteiger partial charge in [0.05, 0.1) is 0 Å². The molecule has 6 atom stereocenters. The molecule has 3 aliphatic heterocycles. The third-order valence-electron chi connectivity index (χ3n) is 8.67. The standard InChI is InChI=1S/C21H28F3N5O2/c1-11-25-19(31-27-11)29-8-12-3-4-13(29)7-16(12)28-9-14-15(10-28)17(14)18(30)26-20(5-2-6-20)21(22,23)24/h12-17H,2-10H2,1H3,(H,26,30)/t12?,13?,14-,15+,16?,17+. The molecule has 1 N–H and O–H groups in total. The Morgan fingerprint density at radius 1 is 1.19 bits per heavy atom. The number of nitrogens with one attached hydrogen (secondary N) is 1. The van der Waals surface area contributed by atoms with Crippen LogP contribution in [0.15, 0.2) is 4.52 Å². The lowest BCUT2D eigenvalue weighted by Gasteiger charge is -2.51. The van der Waals surface area contributed by atoms with E-state index in [1.807, 2.05) is 6.92 Å². The Bertz CT molecular complexity index is 873.